The summed E-state index contributed by atoms with van der Waals surface area (Å²) >= 11 is 5.08. The molecule has 1 aromatic carbocycles. The van der Waals surface area contributed by atoms with Crippen molar-refractivity contribution in [2.45, 2.75) is 19.1 Å². The van der Waals surface area contributed by atoms with E-state index in [1.165, 1.54) is 12.1 Å². The maximum absolute atomic E-state index is 12.6. The van der Waals surface area contributed by atoms with Crippen molar-refractivity contribution in [1.29, 1.82) is 0 Å². The normalized spacial score (nSPS) is 13.5. The highest BCUT2D eigenvalue weighted by atomic mass is 79.9. The topological polar surface area (TPSA) is 12.0 Å². The Morgan fingerprint density at radius 2 is 1.80 bits per heavy atom. The molecule has 20 heavy (non-hydrogen) atoms. The monoisotopic (exact) mass is 363 g/mol. The number of halogens is 4. The molecular formula is C14H13BrF3NS. The lowest BCUT2D eigenvalue weighted by molar-refractivity contribution is -0.137. The van der Waals surface area contributed by atoms with E-state index in [4.69, 9.17) is 0 Å². The van der Waals surface area contributed by atoms with E-state index in [9.17, 15) is 13.2 Å². The Bertz CT molecular complexity index is 570. The number of thiophene rings is 1. The molecule has 0 bridgehead atoms. The summed E-state index contributed by atoms with van der Waals surface area (Å²) in [5.41, 5.74) is 0.189. The zero-order valence-corrected chi connectivity index (χ0v) is 13.3. The molecule has 1 aromatic heterocycles. The van der Waals surface area contributed by atoms with Crippen molar-refractivity contribution in [2.24, 2.45) is 0 Å². The summed E-state index contributed by atoms with van der Waals surface area (Å²) in [6.07, 6.45) is -4.30. The molecule has 1 nitrogen and oxygen atoms in total. The van der Waals surface area contributed by atoms with Gasteiger partial charge in [0, 0.05) is 14.2 Å². The number of rotatable bonds is 3. The molecule has 108 valence electrons. The zero-order chi connectivity index (χ0) is 14.9. The fourth-order valence-corrected chi connectivity index (χ4v) is 3.66. The van der Waals surface area contributed by atoms with Crippen molar-refractivity contribution in [3.05, 3.63) is 55.7 Å². The maximum Gasteiger partial charge on any atom is 0.416 e. The van der Waals surface area contributed by atoms with Crippen molar-refractivity contribution >= 4 is 27.3 Å². The second-order valence-electron chi connectivity index (χ2n) is 4.39. The molecule has 0 fully saturated rings. The minimum atomic E-state index is -4.30. The molecule has 1 unspecified atom stereocenters. The van der Waals surface area contributed by atoms with E-state index in [-0.39, 0.29) is 6.04 Å². The molecule has 6 heteroatoms. The second kappa shape index (κ2) is 5.87. The van der Waals surface area contributed by atoms with Crippen LogP contribution in [-0.2, 0) is 6.18 Å². The van der Waals surface area contributed by atoms with Gasteiger partial charge >= 0.3 is 6.18 Å². The van der Waals surface area contributed by atoms with E-state index in [1.54, 1.807) is 18.4 Å². The van der Waals surface area contributed by atoms with Gasteiger partial charge in [-0.25, -0.2) is 0 Å². The molecule has 1 atom stereocenters. The lowest BCUT2D eigenvalue weighted by Crippen LogP contribution is -2.16. The highest BCUT2D eigenvalue weighted by Crippen LogP contribution is 2.35. The van der Waals surface area contributed by atoms with Gasteiger partial charge in [-0.3, -0.25) is 0 Å². The second-order valence-corrected chi connectivity index (χ2v) is 6.54. The van der Waals surface area contributed by atoms with Crippen LogP contribution in [-0.4, -0.2) is 7.05 Å². The minimum Gasteiger partial charge on any atom is -0.309 e. The third kappa shape index (κ3) is 3.24. The maximum atomic E-state index is 12.6. The van der Waals surface area contributed by atoms with Crippen LogP contribution < -0.4 is 5.32 Å². The number of hydrogen-bond donors (Lipinski definition) is 1. The van der Waals surface area contributed by atoms with Gasteiger partial charge in [0.15, 0.2) is 0 Å². The Kier molecular flexibility index (Phi) is 4.56. The summed E-state index contributed by atoms with van der Waals surface area (Å²) in [6, 6.07) is 7.18. The molecule has 0 aliphatic carbocycles. The molecular weight excluding hydrogens is 351 g/mol. The van der Waals surface area contributed by atoms with Crippen LogP contribution in [0.2, 0.25) is 0 Å². The third-order valence-electron chi connectivity index (χ3n) is 3.02. The molecule has 0 spiro atoms. The first-order valence-corrected chi connectivity index (χ1v) is 7.54. The van der Waals surface area contributed by atoms with E-state index in [0.29, 0.717) is 0 Å². The van der Waals surface area contributed by atoms with E-state index in [1.807, 2.05) is 13.0 Å². The van der Waals surface area contributed by atoms with Crippen LogP contribution in [0.4, 0.5) is 13.2 Å². The van der Waals surface area contributed by atoms with Crippen molar-refractivity contribution in [3.63, 3.8) is 0 Å². The van der Waals surface area contributed by atoms with Gasteiger partial charge in [-0.05, 0) is 53.7 Å². The number of nitrogens with one attached hydrogen (secondary N) is 1. The Balaban J connectivity index is 2.33. The van der Waals surface area contributed by atoms with Crippen LogP contribution in [0.1, 0.15) is 26.9 Å². The molecule has 2 rings (SSSR count). The average Bonchev–Trinajstić information content (AvgIpc) is 2.70. The predicted octanol–water partition coefficient (Wildman–Crippen LogP) is 5.15. The first-order chi connectivity index (χ1) is 9.32. The van der Waals surface area contributed by atoms with Gasteiger partial charge in [0.1, 0.15) is 0 Å². The minimum absolute atomic E-state index is 0.104. The number of aryl methyl sites for hydroxylation is 1. The average molecular weight is 364 g/mol. The Labute approximate surface area is 128 Å². The van der Waals surface area contributed by atoms with Gasteiger partial charge in [0.25, 0.3) is 0 Å². The van der Waals surface area contributed by atoms with Gasteiger partial charge in [0.05, 0.1) is 11.6 Å². The first kappa shape index (κ1) is 15.5. The SMILES string of the molecule is CNC(c1ccc(C(F)(F)F)cc1)c1cc(Br)c(C)s1. The number of hydrogen-bond acceptors (Lipinski definition) is 2. The van der Waals surface area contributed by atoms with Gasteiger partial charge < -0.3 is 5.32 Å². The van der Waals surface area contributed by atoms with Crippen molar-refractivity contribution < 1.29 is 13.2 Å². The zero-order valence-electron chi connectivity index (χ0n) is 10.9. The van der Waals surface area contributed by atoms with Gasteiger partial charge in [-0.2, -0.15) is 13.2 Å². The highest BCUT2D eigenvalue weighted by Gasteiger charge is 2.30. The molecule has 0 amide bonds. The summed E-state index contributed by atoms with van der Waals surface area (Å²) in [4.78, 5) is 2.21. The van der Waals surface area contributed by atoms with Crippen molar-refractivity contribution in [1.82, 2.24) is 5.32 Å². The van der Waals surface area contributed by atoms with Crippen LogP contribution in [0, 0.1) is 6.92 Å². The molecule has 0 saturated heterocycles. The molecule has 0 saturated carbocycles. The van der Waals surface area contributed by atoms with Gasteiger partial charge in [-0.1, -0.05) is 12.1 Å². The van der Waals surface area contributed by atoms with Crippen LogP contribution in [0.25, 0.3) is 0 Å². The summed E-state index contributed by atoms with van der Waals surface area (Å²) < 4.78 is 38.7. The highest BCUT2D eigenvalue weighted by molar-refractivity contribution is 9.10. The standard InChI is InChI=1S/C14H13BrF3NS/c1-8-11(15)7-12(20-8)13(19-2)9-3-5-10(6-4-9)14(16,17)18/h3-7,13,19H,1-2H3. The van der Waals surface area contributed by atoms with E-state index >= 15 is 0 Å². The molecule has 2 aromatic rings. The molecule has 0 radical (unpaired) electrons. The number of alkyl halides is 3. The molecule has 1 N–H and O–H groups in total. The van der Waals surface area contributed by atoms with Crippen LogP contribution in [0.3, 0.4) is 0 Å². The molecule has 1 heterocycles. The largest absolute Gasteiger partial charge is 0.416 e. The fourth-order valence-electron chi connectivity index (χ4n) is 1.96. The Morgan fingerprint density at radius 1 is 1.20 bits per heavy atom. The Morgan fingerprint density at radius 3 is 2.20 bits per heavy atom. The van der Waals surface area contributed by atoms with Crippen LogP contribution >= 0.6 is 27.3 Å². The van der Waals surface area contributed by atoms with Crippen LogP contribution in [0.5, 0.6) is 0 Å². The fraction of sp³-hybridized carbons (Fsp3) is 0.286. The predicted molar refractivity (Wildman–Crippen MR) is 79.1 cm³/mol. The molecule has 0 aliphatic rings. The van der Waals surface area contributed by atoms with Gasteiger partial charge in [0.2, 0.25) is 0 Å². The summed E-state index contributed by atoms with van der Waals surface area (Å²) in [7, 11) is 1.80. The lowest BCUT2D eigenvalue weighted by Gasteiger charge is -2.16. The van der Waals surface area contributed by atoms with E-state index in [0.717, 1.165) is 31.9 Å². The summed E-state index contributed by atoms with van der Waals surface area (Å²) in [6.45, 7) is 2.00. The smallest absolute Gasteiger partial charge is 0.309 e. The van der Waals surface area contributed by atoms with E-state index < -0.39 is 11.7 Å². The molecule has 0 aliphatic heterocycles. The van der Waals surface area contributed by atoms with Crippen molar-refractivity contribution in [2.75, 3.05) is 7.05 Å². The summed E-state index contributed by atoms with van der Waals surface area (Å²) in [5.74, 6) is 0. The van der Waals surface area contributed by atoms with Gasteiger partial charge in [-0.15, -0.1) is 11.3 Å². The Hall–Kier alpha value is -0.850. The van der Waals surface area contributed by atoms with Crippen LogP contribution in [0.15, 0.2) is 34.8 Å². The van der Waals surface area contributed by atoms with E-state index in [2.05, 4.69) is 21.2 Å². The first-order valence-electron chi connectivity index (χ1n) is 5.93. The summed E-state index contributed by atoms with van der Waals surface area (Å²) in [5, 5.41) is 3.14. The quantitative estimate of drug-likeness (QED) is 0.795. The lowest BCUT2D eigenvalue weighted by atomic mass is 10.0. The third-order valence-corrected chi connectivity index (χ3v) is 5.22. The van der Waals surface area contributed by atoms with Crippen molar-refractivity contribution in [3.8, 4) is 0 Å². The number of benzene rings is 1.